The highest BCUT2D eigenvalue weighted by Gasteiger charge is 2.18. The number of hydrogen-bond donors (Lipinski definition) is 1. The smallest absolute Gasteiger partial charge is 0.312 e. The Hall–Kier alpha value is -1.14. The Labute approximate surface area is 102 Å². The highest BCUT2D eigenvalue weighted by atomic mass is 79.9. The molecule has 0 spiro atoms. The van der Waals surface area contributed by atoms with Crippen molar-refractivity contribution in [3.8, 4) is 5.75 Å². The van der Waals surface area contributed by atoms with Crippen LogP contribution in [-0.2, 0) is 0 Å². The number of hydrogen-bond acceptors (Lipinski definition) is 4. The first-order valence-electron chi connectivity index (χ1n) is 4.83. The van der Waals surface area contributed by atoms with Crippen molar-refractivity contribution in [2.45, 2.75) is 13.3 Å². The molecule has 0 saturated heterocycles. The first-order chi connectivity index (χ1) is 7.56. The van der Waals surface area contributed by atoms with E-state index in [1.165, 1.54) is 6.07 Å². The monoisotopic (exact) mass is 288 g/mol. The van der Waals surface area contributed by atoms with Gasteiger partial charge in [-0.25, -0.2) is 0 Å². The van der Waals surface area contributed by atoms with Gasteiger partial charge in [0, 0.05) is 10.5 Å². The summed E-state index contributed by atoms with van der Waals surface area (Å²) in [6.45, 7) is 2.67. The zero-order chi connectivity index (χ0) is 12.1. The molecule has 0 fully saturated rings. The summed E-state index contributed by atoms with van der Waals surface area (Å²) in [6.07, 6.45) is 0.673. The predicted octanol–water partition coefficient (Wildman–Crippen LogP) is 2.39. The van der Waals surface area contributed by atoms with Gasteiger partial charge in [-0.15, -0.1) is 0 Å². The van der Waals surface area contributed by atoms with Gasteiger partial charge in [-0.3, -0.25) is 10.1 Å². The number of halogens is 1. The van der Waals surface area contributed by atoms with Gasteiger partial charge in [0.25, 0.3) is 0 Å². The summed E-state index contributed by atoms with van der Waals surface area (Å²) in [5.41, 5.74) is 6.04. The van der Waals surface area contributed by atoms with Gasteiger partial charge in [0.1, 0.15) is 0 Å². The van der Waals surface area contributed by atoms with Crippen molar-refractivity contribution in [1.29, 1.82) is 0 Å². The highest BCUT2D eigenvalue weighted by Crippen LogP contribution is 2.34. The Kier molecular flexibility index (Phi) is 4.70. The van der Waals surface area contributed by atoms with E-state index in [4.69, 9.17) is 10.5 Å². The molecule has 2 N–H and O–H groups in total. The van der Waals surface area contributed by atoms with Gasteiger partial charge in [0.05, 0.1) is 11.5 Å². The highest BCUT2D eigenvalue weighted by molar-refractivity contribution is 9.10. The van der Waals surface area contributed by atoms with Gasteiger partial charge in [0.2, 0.25) is 0 Å². The minimum Gasteiger partial charge on any atom is -0.487 e. The summed E-state index contributed by atoms with van der Waals surface area (Å²) < 4.78 is 6.05. The molecule has 0 amide bonds. The lowest BCUT2D eigenvalue weighted by Gasteiger charge is -2.09. The molecule has 0 unspecified atom stereocenters. The second-order valence-electron chi connectivity index (χ2n) is 3.32. The van der Waals surface area contributed by atoms with Crippen molar-refractivity contribution in [2.24, 2.45) is 5.73 Å². The number of nitrogens with two attached hydrogens (primary N) is 1. The minimum absolute atomic E-state index is 0.0242. The van der Waals surface area contributed by atoms with E-state index in [0.29, 0.717) is 29.8 Å². The third-order valence-electron chi connectivity index (χ3n) is 2.01. The van der Waals surface area contributed by atoms with Gasteiger partial charge in [-0.2, -0.15) is 0 Å². The van der Waals surface area contributed by atoms with Crippen molar-refractivity contribution in [3.63, 3.8) is 0 Å². The lowest BCUT2D eigenvalue weighted by Crippen LogP contribution is -2.08. The number of rotatable bonds is 5. The molecule has 88 valence electrons. The van der Waals surface area contributed by atoms with Crippen molar-refractivity contribution in [3.05, 3.63) is 32.3 Å². The minimum atomic E-state index is -0.449. The average Bonchev–Trinajstić information content (AvgIpc) is 2.20. The van der Waals surface area contributed by atoms with Gasteiger partial charge in [0.15, 0.2) is 5.75 Å². The van der Waals surface area contributed by atoms with E-state index in [2.05, 4.69) is 15.9 Å². The Balaban J connectivity index is 2.99. The molecular formula is C10H13BrN2O3. The van der Waals surface area contributed by atoms with E-state index < -0.39 is 4.92 Å². The maximum absolute atomic E-state index is 10.8. The fourth-order valence-corrected chi connectivity index (χ4v) is 1.85. The SMILES string of the molecule is Cc1cc(Br)cc([N+](=O)[O-])c1OCCCN. The topological polar surface area (TPSA) is 78.4 Å². The molecule has 0 atom stereocenters. The van der Waals surface area contributed by atoms with Gasteiger partial charge in [-0.05, 0) is 31.5 Å². The number of nitro benzene ring substituents is 1. The molecule has 1 rings (SSSR count). The molecule has 1 aromatic rings. The number of nitro groups is 1. The van der Waals surface area contributed by atoms with Crippen molar-refractivity contribution >= 4 is 21.6 Å². The van der Waals surface area contributed by atoms with Crippen molar-refractivity contribution in [1.82, 2.24) is 0 Å². The van der Waals surface area contributed by atoms with Crippen LogP contribution in [0.3, 0.4) is 0 Å². The summed E-state index contributed by atoms with van der Waals surface area (Å²) in [7, 11) is 0. The number of nitrogens with zero attached hydrogens (tertiary/aromatic N) is 1. The average molecular weight is 289 g/mol. The molecule has 0 aromatic heterocycles. The first-order valence-corrected chi connectivity index (χ1v) is 5.63. The van der Waals surface area contributed by atoms with Crippen LogP contribution in [0, 0.1) is 17.0 Å². The maximum Gasteiger partial charge on any atom is 0.312 e. The van der Waals surface area contributed by atoms with Gasteiger partial charge >= 0.3 is 5.69 Å². The molecule has 0 aliphatic rings. The summed E-state index contributed by atoms with van der Waals surface area (Å²) in [5, 5.41) is 10.8. The second-order valence-corrected chi connectivity index (χ2v) is 4.23. The zero-order valence-corrected chi connectivity index (χ0v) is 10.5. The van der Waals surface area contributed by atoms with Gasteiger partial charge < -0.3 is 10.5 Å². The quantitative estimate of drug-likeness (QED) is 0.513. The maximum atomic E-state index is 10.8. The molecule has 0 bridgehead atoms. The molecule has 0 aliphatic heterocycles. The van der Waals surface area contributed by atoms with E-state index in [1.807, 2.05) is 0 Å². The summed E-state index contributed by atoms with van der Waals surface area (Å²) in [4.78, 5) is 10.4. The second kappa shape index (κ2) is 5.81. The summed E-state index contributed by atoms with van der Waals surface area (Å²) in [6, 6.07) is 3.22. The predicted molar refractivity (Wildman–Crippen MR) is 64.7 cm³/mol. The Morgan fingerprint density at radius 3 is 2.81 bits per heavy atom. The molecule has 0 aliphatic carbocycles. The lowest BCUT2D eigenvalue weighted by molar-refractivity contribution is -0.386. The summed E-state index contributed by atoms with van der Waals surface area (Å²) in [5.74, 6) is 0.321. The van der Waals surface area contributed by atoms with E-state index in [-0.39, 0.29) is 5.69 Å². The van der Waals surface area contributed by atoms with Crippen molar-refractivity contribution in [2.75, 3.05) is 13.2 Å². The number of benzene rings is 1. The van der Waals surface area contributed by atoms with Crippen LogP contribution in [0.4, 0.5) is 5.69 Å². The molecular weight excluding hydrogens is 276 g/mol. The van der Waals surface area contributed by atoms with E-state index in [1.54, 1.807) is 13.0 Å². The zero-order valence-electron chi connectivity index (χ0n) is 8.90. The van der Waals surface area contributed by atoms with E-state index in [9.17, 15) is 10.1 Å². The Morgan fingerprint density at radius 2 is 2.25 bits per heavy atom. The van der Waals surface area contributed by atoms with E-state index in [0.717, 1.165) is 5.56 Å². The third-order valence-corrected chi connectivity index (χ3v) is 2.47. The van der Waals surface area contributed by atoms with Crippen LogP contribution in [0.15, 0.2) is 16.6 Å². The molecule has 6 heteroatoms. The molecule has 5 nitrogen and oxygen atoms in total. The largest absolute Gasteiger partial charge is 0.487 e. The molecule has 1 aromatic carbocycles. The fourth-order valence-electron chi connectivity index (χ4n) is 1.29. The molecule has 0 radical (unpaired) electrons. The summed E-state index contributed by atoms with van der Waals surface area (Å²) >= 11 is 3.22. The van der Waals surface area contributed by atoms with Crippen LogP contribution in [0.1, 0.15) is 12.0 Å². The van der Waals surface area contributed by atoms with Crippen molar-refractivity contribution < 1.29 is 9.66 Å². The fraction of sp³-hybridized carbons (Fsp3) is 0.400. The van der Waals surface area contributed by atoms with Crippen LogP contribution >= 0.6 is 15.9 Å². The van der Waals surface area contributed by atoms with Gasteiger partial charge in [-0.1, -0.05) is 15.9 Å². The normalized spacial score (nSPS) is 10.2. The molecule has 16 heavy (non-hydrogen) atoms. The Morgan fingerprint density at radius 1 is 1.56 bits per heavy atom. The Bertz CT molecular complexity index is 396. The standard InChI is InChI=1S/C10H13BrN2O3/c1-7-5-8(11)6-9(13(14)15)10(7)16-4-2-3-12/h5-6H,2-4,12H2,1H3. The van der Waals surface area contributed by atoms with Crippen LogP contribution < -0.4 is 10.5 Å². The lowest BCUT2D eigenvalue weighted by atomic mass is 10.2. The number of ether oxygens (including phenoxy) is 1. The molecule has 0 saturated carbocycles. The van der Waals surface area contributed by atoms with Crippen LogP contribution in [0.25, 0.3) is 0 Å². The van der Waals surface area contributed by atoms with Crippen LogP contribution in [-0.4, -0.2) is 18.1 Å². The third kappa shape index (κ3) is 3.18. The van der Waals surface area contributed by atoms with E-state index >= 15 is 0 Å². The van der Waals surface area contributed by atoms with Crippen LogP contribution in [0.2, 0.25) is 0 Å². The first kappa shape index (κ1) is 12.9. The number of aryl methyl sites for hydroxylation is 1. The molecule has 0 heterocycles. The van der Waals surface area contributed by atoms with Crippen LogP contribution in [0.5, 0.6) is 5.75 Å².